The molecule has 0 aromatic heterocycles. The van der Waals surface area contributed by atoms with Gasteiger partial charge in [-0.25, -0.2) is 0 Å². The number of hydrogen-bond donors (Lipinski definition) is 1. The van der Waals surface area contributed by atoms with Crippen molar-refractivity contribution in [1.29, 1.82) is 0 Å². The van der Waals surface area contributed by atoms with E-state index in [9.17, 15) is 14.9 Å². The van der Waals surface area contributed by atoms with Gasteiger partial charge in [0.1, 0.15) is 0 Å². The predicted octanol–water partition coefficient (Wildman–Crippen LogP) is 3.73. The first kappa shape index (κ1) is 14.5. The molecule has 0 spiro atoms. The van der Waals surface area contributed by atoms with E-state index in [-0.39, 0.29) is 23.9 Å². The Bertz CT molecular complexity index is 483. The average Bonchev–Trinajstić information content (AvgIpc) is 2.63. The van der Waals surface area contributed by atoms with Crippen molar-refractivity contribution >= 4 is 11.7 Å². The highest BCUT2D eigenvalue weighted by molar-refractivity contribution is 5.67. The second-order valence-corrected chi connectivity index (χ2v) is 5.45. The number of carboxylic acids is 1. The summed E-state index contributed by atoms with van der Waals surface area (Å²) in [6, 6.07) is 6.59. The molecule has 5 nitrogen and oxygen atoms in total. The largest absolute Gasteiger partial charge is 0.481 e. The summed E-state index contributed by atoms with van der Waals surface area (Å²) >= 11 is 0. The van der Waals surface area contributed by atoms with Crippen molar-refractivity contribution in [3.05, 3.63) is 39.9 Å². The van der Waals surface area contributed by atoms with Crippen molar-refractivity contribution in [1.82, 2.24) is 0 Å². The van der Waals surface area contributed by atoms with E-state index in [0.717, 1.165) is 37.7 Å². The maximum atomic E-state index is 11.0. The number of benzene rings is 1. The maximum absolute atomic E-state index is 11.0. The molecule has 1 fully saturated rings. The molecular weight excluding hydrogens is 258 g/mol. The van der Waals surface area contributed by atoms with E-state index in [1.807, 2.05) is 0 Å². The highest BCUT2D eigenvalue weighted by Gasteiger charge is 2.27. The molecule has 5 heteroatoms. The summed E-state index contributed by atoms with van der Waals surface area (Å²) in [7, 11) is 0. The van der Waals surface area contributed by atoms with Gasteiger partial charge in [-0.3, -0.25) is 14.9 Å². The van der Waals surface area contributed by atoms with E-state index in [4.69, 9.17) is 5.11 Å². The summed E-state index contributed by atoms with van der Waals surface area (Å²) in [5.41, 5.74) is 1.11. The zero-order valence-electron chi connectivity index (χ0n) is 11.3. The molecule has 2 atom stereocenters. The normalized spacial score (nSPS) is 23.0. The Morgan fingerprint density at radius 3 is 2.45 bits per heavy atom. The third-order valence-electron chi connectivity index (χ3n) is 4.13. The van der Waals surface area contributed by atoms with Gasteiger partial charge in [0.15, 0.2) is 0 Å². The Morgan fingerprint density at radius 2 is 1.85 bits per heavy atom. The van der Waals surface area contributed by atoms with Crippen LogP contribution in [0.3, 0.4) is 0 Å². The second-order valence-electron chi connectivity index (χ2n) is 5.45. The Kier molecular flexibility index (Phi) is 4.71. The van der Waals surface area contributed by atoms with Crippen LogP contribution in [0.25, 0.3) is 0 Å². The zero-order chi connectivity index (χ0) is 14.5. The summed E-state index contributed by atoms with van der Waals surface area (Å²) in [5.74, 6) is -0.422. The number of carboxylic acid groups (broad SMARTS) is 1. The first-order valence-corrected chi connectivity index (χ1v) is 7.04. The fourth-order valence-corrected chi connectivity index (χ4v) is 3.14. The lowest BCUT2D eigenvalue weighted by Gasteiger charge is -2.24. The second kappa shape index (κ2) is 6.50. The van der Waals surface area contributed by atoms with Crippen molar-refractivity contribution in [2.24, 2.45) is 5.92 Å². The smallest absolute Gasteiger partial charge is 0.303 e. The molecule has 0 radical (unpaired) electrons. The molecule has 2 rings (SSSR count). The molecule has 0 bridgehead atoms. The van der Waals surface area contributed by atoms with Gasteiger partial charge in [-0.2, -0.15) is 0 Å². The minimum absolute atomic E-state index is 0.0807. The molecule has 1 aliphatic rings. The van der Waals surface area contributed by atoms with Gasteiger partial charge in [0.25, 0.3) is 5.69 Å². The minimum Gasteiger partial charge on any atom is -0.481 e. The summed E-state index contributed by atoms with van der Waals surface area (Å²) in [6.07, 6.45) is 5.38. The number of hydrogen-bond acceptors (Lipinski definition) is 3. The van der Waals surface area contributed by atoms with Crippen molar-refractivity contribution in [3.63, 3.8) is 0 Å². The van der Waals surface area contributed by atoms with Gasteiger partial charge in [-0.15, -0.1) is 0 Å². The van der Waals surface area contributed by atoms with Gasteiger partial charge in [0.2, 0.25) is 0 Å². The van der Waals surface area contributed by atoms with Crippen LogP contribution >= 0.6 is 0 Å². The van der Waals surface area contributed by atoms with Crippen molar-refractivity contribution in [2.75, 3.05) is 0 Å². The van der Waals surface area contributed by atoms with E-state index >= 15 is 0 Å². The monoisotopic (exact) mass is 277 g/mol. The molecule has 108 valence electrons. The molecule has 0 heterocycles. The number of carbonyl (C=O) groups is 1. The van der Waals surface area contributed by atoms with Crippen LogP contribution in [0.4, 0.5) is 5.69 Å². The lowest BCUT2D eigenvalue weighted by atomic mass is 9.80. The summed E-state index contributed by atoms with van der Waals surface area (Å²) in [6.45, 7) is 0. The third kappa shape index (κ3) is 3.56. The first-order valence-electron chi connectivity index (χ1n) is 7.04. The molecule has 1 aromatic carbocycles. The van der Waals surface area contributed by atoms with Gasteiger partial charge in [0, 0.05) is 18.6 Å². The third-order valence-corrected chi connectivity index (χ3v) is 4.13. The van der Waals surface area contributed by atoms with Crippen LogP contribution in [0.5, 0.6) is 0 Å². The van der Waals surface area contributed by atoms with Gasteiger partial charge >= 0.3 is 5.97 Å². The molecule has 0 aliphatic heterocycles. The molecular formula is C15H19NO4. The van der Waals surface area contributed by atoms with Crippen LogP contribution < -0.4 is 0 Å². The van der Waals surface area contributed by atoms with Gasteiger partial charge in [0.05, 0.1) is 4.92 Å². The van der Waals surface area contributed by atoms with Crippen LogP contribution in [0.1, 0.15) is 50.0 Å². The Balaban J connectivity index is 2.20. The molecule has 20 heavy (non-hydrogen) atoms. The average molecular weight is 277 g/mol. The quantitative estimate of drug-likeness (QED) is 0.516. The molecule has 1 N–H and O–H groups in total. The predicted molar refractivity (Wildman–Crippen MR) is 74.7 cm³/mol. The topological polar surface area (TPSA) is 80.4 Å². The van der Waals surface area contributed by atoms with Crippen LogP contribution in [0.2, 0.25) is 0 Å². The molecule has 0 saturated heterocycles. The van der Waals surface area contributed by atoms with E-state index in [0.29, 0.717) is 0 Å². The number of nitro benzene ring substituents is 1. The Labute approximate surface area is 117 Å². The SMILES string of the molecule is O=C(O)CC1CCCCCC1c1ccc([N+](=O)[O-])cc1. The standard InChI is InChI=1S/C15H19NO4/c17-15(18)10-12-4-2-1-3-5-14(12)11-6-8-13(9-7-11)16(19)20/h6-9,12,14H,1-5,10H2,(H,17,18). The van der Waals surface area contributed by atoms with Gasteiger partial charge in [-0.05, 0) is 30.2 Å². The van der Waals surface area contributed by atoms with Crippen molar-refractivity contribution in [3.8, 4) is 0 Å². The van der Waals surface area contributed by atoms with Crippen LogP contribution in [0.15, 0.2) is 24.3 Å². The number of nitro groups is 1. The summed E-state index contributed by atoms with van der Waals surface area (Å²) in [5, 5.41) is 19.7. The molecule has 1 saturated carbocycles. The highest BCUT2D eigenvalue weighted by atomic mass is 16.6. The van der Waals surface area contributed by atoms with E-state index in [1.54, 1.807) is 12.1 Å². The molecule has 2 unspecified atom stereocenters. The van der Waals surface area contributed by atoms with Gasteiger partial charge < -0.3 is 5.11 Å². The number of nitrogens with zero attached hydrogens (tertiary/aromatic N) is 1. The van der Waals surface area contributed by atoms with Crippen LogP contribution in [-0.4, -0.2) is 16.0 Å². The fourth-order valence-electron chi connectivity index (χ4n) is 3.14. The number of aliphatic carboxylic acids is 1. The number of non-ortho nitro benzene ring substituents is 1. The van der Waals surface area contributed by atoms with Crippen molar-refractivity contribution < 1.29 is 14.8 Å². The van der Waals surface area contributed by atoms with E-state index in [1.165, 1.54) is 12.1 Å². The lowest BCUT2D eigenvalue weighted by Crippen LogP contribution is -2.16. The van der Waals surface area contributed by atoms with E-state index in [2.05, 4.69) is 0 Å². The van der Waals surface area contributed by atoms with Crippen molar-refractivity contribution in [2.45, 2.75) is 44.4 Å². The fraction of sp³-hybridized carbons (Fsp3) is 0.533. The Hall–Kier alpha value is -1.91. The first-order chi connectivity index (χ1) is 9.58. The zero-order valence-corrected chi connectivity index (χ0v) is 11.3. The van der Waals surface area contributed by atoms with Gasteiger partial charge in [-0.1, -0.05) is 31.4 Å². The van der Waals surface area contributed by atoms with E-state index < -0.39 is 10.9 Å². The van der Waals surface area contributed by atoms with Crippen LogP contribution in [-0.2, 0) is 4.79 Å². The summed E-state index contributed by atoms with van der Waals surface area (Å²) < 4.78 is 0. The molecule has 0 amide bonds. The number of rotatable bonds is 4. The maximum Gasteiger partial charge on any atom is 0.303 e. The lowest BCUT2D eigenvalue weighted by molar-refractivity contribution is -0.384. The minimum atomic E-state index is -0.760. The molecule has 1 aliphatic carbocycles. The van der Waals surface area contributed by atoms with Crippen LogP contribution in [0, 0.1) is 16.0 Å². The Morgan fingerprint density at radius 1 is 1.20 bits per heavy atom. The highest BCUT2D eigenvalue weighted by Crippen LogP contribution is 2.38. The molecule has 1 aromatic rings. The summed E-state index contributed by atoms with van der Waals surface area (Å²) in [4.78, 5) is 21.3.